The number of aromatic nitrogens is 2. The number of phenols is 1. The summed E-state index contributed by atoms with van der Waals surface area (Å²) in [5.74, 6) is 0.333. The molecular weight excluding hydrogens is 310 g/mol. The summed E-state index contributed by atoms with van der Waals surface area (Å²) in [7, 11) is 0. The van der Waals surface area contributed by atoms with Gasteiger partial charge in [0.05, 0.1) is 6.04 Å². The van der Waals surface area contributed by atoms with E-state index in [1.54, 1.807) is 0 Å². The van der Waals surface area contributed by atoms with Gasteiger partial charge < -0.3 is 15.4 Å². The summed E-state index contributed by atoms with van der Waals surface area (Å²) in [6, 6.07) is 16.1. The van der Waals surface area contributed by atoms with Gasteiger partial charge in [-0.05, 0) is 30.2 Å². The predicted octanol–water partition coefficient (Wildman–Crippen LogP) is 4.76. The lowest BCUT2D eigenvalue weighted by molar-refractivity contribution is 0.462. The van der Waals surface area contributed by atoms with Crippen LogP contribution in [0.25, 0.3) is 22.2 Å². The number of anilines is 1. The molecule has 3 heterocycles. The lowest BCUT2D eigenvalue weighted by atomic mass is 9.95. The molecule has 1 unspecified atom stereocenters. The van der Waals surface area contributed by atoms with E-state index in [1.807, 2.05) is 49.6 Å². The molecule has 0 amide bonds. The lowest BCUT2D eigenvalue weighted by Gasteiger charge is -2.21. The van der Waals surface area contributed by atoms with Crippen molar-refractivity contribution in [3.63, 3.8) is 0 Å². The second kappa shape index (κ2) is 5.11. The summed E-state index contributed by atoms with van der Waals surface area (Å²) < 4.78 is 0. The number of rotatable bonds is 1. The van der Waals surface area contributed by atoms with Crippen LogP contribution in [0.4, 0.5) is 5.69 Å². The molecule has 0 radical (unpaired) electrons. The van der Waals surface area contributed by atoms with Crippen LogP contribution < -0.4 is 5.32 Å². The zero-order valence-electron chi connectivity index (χ0n) is 13.7. The van der Waals surface area contributed by atoms with Crippen LogP contribution in [-0.2, 0) is 0 Å². The van der Waals surface area contributed by atoms with Gasteiger partial charge in [-0.3, -0.25) is 0 Å². The fourth-order valence-corrected chi connectivity index (χ4v) is 3.77. The van der Waals surface area contributed by atoms with Crippen molar-refractivity contribution in [2.45, 2.75) is 13.0 Å². The van der Waals surface area contributed by atoms with E-state index in [1.165, 1.54) is 0 Å². The van der Waals surface area contributed by atoms with Crippen LogP contribution in [0.2, 0.25) is 0 Å². The van der Waals surface area contributed by atoms with Gasteiger partial charge in [-0.25, -0.2) is 4.98 Å². The SMILES string of the molecule is Cc1cccc(C2Nc3ccccc3-c3ccnc4[nH]cc2c34)c1O. The van der Waals surface area contributed by atoms with Gasteiger partial charge in [-0.2, -0.15) is 0 Å². The number of aryl methyl sites for hydroxylation is 1. The minimum Gasteiger partial charge on any atom is -0.507 e. The third-order valence-corrected chi connectivity index (χ3v) is 5.01. The Morgan fingerprint density at radius 2 is 1.84 bits per heavy atom. The molecule has 4 aromatic rings. The average Bonchev–Trinajstić information content (AvgIpc) is 3.00. The highest BCUT2D eigenvalue weighted by Crippen LogP contribution is 2.45. The second-order valence-corrected chi connectivity index (χ2v) is 6.46. The van der Waals surface area contributed by atoms with Crippen molar-refractivity contribution in [3.8, 4) is 16.9 Å². The average molecular weight is 327 g/mol. The molecule has 2 aromatic carbocycles. The molecule has 0 aliphatic carbocycles. The second-order valence-electron chi connectivity index (χ2n) is 6.46. The highest BCUT2D eigenvalue weighted by atomic mass is 16.3. The number of aromatic hydroxyl groups is 1. The van der Waals surface area contributed by atoms with Gasteiger partial charge in [0.25, 0.3) is 0 Å². The normalized spacial score (nSPS) is 15.5. The number of para-hydroxylation sites is 2. The summed E-state index contributed by atoms with van der Waals surface area (Å²) >= 11 is 0. The highest BCUT2D eigenvalue weighted by molar-refractivity contribution is 6.01. The Morgan fingerprint density at radius 1 is 0.960 bits per heavy atom. The molecule has 122 valence electrons. The van der Waals surface area contributed by atoms with Gasteiger partial charge in [0.2, 0.25) is 0 Å². The van der Waals surface area contributed by atoms with E-state index in [0.717, 1.165) is 44.5 Å². The minimum absolute atomic E-state index is 0.153. The Labute approximate surface area is 145 Å². The number of nitrogens with zero attached hydrogens (tertiary/aromatic N) is 1. The molecule has 4 nitrogen and oxygen atoms in total. The zero-order chi connectivity index (χ0) is 17.0. The van der Waals surface area contributed by atoms with Gasteiger partial charge in [0.1, 0.15) is 11.4 Å². The molecule has 0 fully saturated rings. The van der Waals surface area contributed by atoms with E-state index in [-0.39, 0.29) is 6.04 Å². The molecule has 3 N–H and O–H groups in total. The Kier molecular flexibility index (Phi) is 2.88. The van der Waals surface area contributed by atoms with Crippen molar-refractivity contribution >= 4 is 16.7 Å². The molecule has 25 heavy (non-hydrogen) atoms. The minimum atomic E-state index is -0.153. The van der Waals surface area contributed by atoms with Gasteiger partial charge in [0.15, 0.2) is 0 Å². The number of H-pyrrole nitrogens is 1. The molecular formula is C21H17N3O. The van der Waals surface area contributed by atoms with E-state index in [0.29, 0.717) is 5.75 Å². The van der Waals surface area contributed by atoms with Crippen molar-refractivity contribution in [2.24, 2.45) is 0 Å². The van der Waals surface area contributed by atoms with E-state index in [4.69, 9.17) is 0 Å². The van der Waals surface area contributed by atoms with Crippen LogP contribution >= 0.6 is 0 Å². The first-order valence-corrected chi connectivity index (χ1v) is 8.34. The first-order valence-electron chi connectivity index (χ1n) is 8.34. The highest BCUT2D eigenvalue weighted by Gasteiger charge is 2.27. The first-order chi connectivity index (χ1) is 12.2. The Bertz CT molecular complexity index is 1110. The van der Waals surface area contributed by atoms with Crippen molar-refractivity contribution in [3.05, 3.63) is 77.6 Å². The largest absolute Gasteiger partial charge is 0.507 e. The van der Waals surface area contributed by atoms with E-state index < -0.39 is 0 Å². The van der Waals surface area contributed by atoms with Crippen molar-refractivity contribution in [2.75, 3.05) is 5.32 Å². The third-order valence-electron chi connectivity index (χ3n) is 5.01. The van der Waals surface area contributed by atoms with Crippen LogP contribution in [-0.4, -0.2) is 15.1 Å². The summed E-state index contributed by atoms with van der Waals surface area (Å²) in [5, 5.41) is 15.4. The van der Waals surface area contributed by atoms with Crippen molar-refractivity contribution < 1.29 is 5.11 Å². The standard InChI is InChI=1S/C21H17N3O/c1-12-5-4-7-15(20(12)25)19-16-11-23-21-18(16)14(9-10-22-21)13-6-2-3-8-17(13)24-19/h2-11,19,24-25H,1H3,(H,22,23). The molecule has 1 atom stereocenters. The lowest BCUT2D eigenvalue weighted by Crippen LogP contribution is -2.11. The van der Waals surface area contributed by atoms with Crippen LogP contribution in [0.15, 0.2) is 60.9 Å². The maximum atomic E-state index is 10.7. The molecule has 0 bridgehead atoms. The maximum absolute atomic E-state index is 10.7. The first kappa shape index (κ1) is 14.1. The summed E-state index contributed by atoms with van der Waals surface area (Å²) in [5.41, 5.74) is 7.04. The molecule has 0 saturated carbocycles. The number of hydrogen-bond donors (Lipinski definition) is 3. The third kappa shape index (κ3) is 1.97. The van der Waals surface area contributed by atoms with Gasteiger partial charge in [0, 0.05) is 40.2 Å². The van der Waals surface area contributed by atoms with Crippen molar-refractivity contribution in [1.82, 2.24) is 9.97 Å². The van der Waals surface area contributed by atoms with Gasteiger partial charge in [-0.1, -0.05) is 36.4 Å². The molecule has 1 aliphatic rings. The summed E-state index contributed by atoms with van der Waals surface area (Å²) in [6.45, 7) is 1.92. The fraction of sp³-hybridized carbons (Fsp3) is 0.0952. The topological polar surface area (TPSA) is 60.9 Å². The number of nitrogens with one attached hydrogen (secondary N) is 2. The van der Waals surface area contributed by atoms with E-state index in [9.17, 15) is 5.11 Å². The van der Waals surface area contributed by atoms with E-state index in [2.05, 4.69) is 33.5 Å². The van der Waals surface area contributed by atoms with Gasteiger partial charge in [-0.15, -0.1) is 0 Å². The van der Waals surface area contributed by atoms with Crippen LogP contribution in [0.1, 0.15) is 22.7 Å². The van der Waals surface area contributed by atoms with Crippen LogP contribution in [0, 0.1) is 6.92 Å². The molecule has 0 saturated heterocycles. The van der Waals surface area contributed by atoms with Crippen LogP contribution in [0.5, 0.6) is 5.75 Å². The Balaban J connectivity index is 1.86. The molecule has 2 aromatic heterocycles. The number of aromatic amines is 1. The summed E-state index contributed by atoms with van der Waals surface area (Å²) in [4.78, 5) is 7.76. The van der Waals surface area contributed by atoms with Crippen molar-refractivity contribution in [1.29, 1.82) is 0 Å². The molecule has 4 heteroatoms. The zero-order valence-corrected chi connectivity index (χ0v) is 13.7. The number of hydrogen-bond acceptors (Lipinski definition) is 3. The molecule has 1 aliphatic heterocycles. The van der Waals surface area contributed by atoms with Crippen LogP contribution in [0.3, 0.4) is 0 Å². The monoisotopic (exact) mass is 327 g/mol. The summed E-state index contributed by atoms with van der Waals surface area (Å²) in [6.07, 6.45) is 3.83. The fourth-order valence-electron chi connectivity index (χ4n) is 3.77. The Hall–Kier alpha value is -3.27. The number of pyridine rings is 1. The van der Waals surface area contributed by atoms with E-state index >= 15 is 0 Å². The maximum Gasteiger partial charge on any atom is 0.138 e. The number of benzene rings is 2. The Morgan fingerprint density at radius 3 is 2.76 bits per heavy atom. The van der Waals surface area contributed by atoms with Gasteiger partial charge >= 0.3 is 0 Å². The smallest absolute Gasteiger partial charge is 0.138 e. The molecule has 5 rings (SSSR count). The number of fused-ring (bicyclic) bond motifs is 2. The molecule has 0 spiro atoms. The predicted molar refractivity (Wildman–Crippen MR) is 99.8 cm³/mol. The number of phenolic OH excluding ortho intramolecular Hbond substituents is 1. The quantitative estimate of drug-likeness (QED) is 0.472.